The van der Waals surface area contributed by atoms with Crippen molar-refractivity contribution in [3.63, 3.8) is 0 Å². The van der Waals surface area contributed by atoms with Crippen molar-refractivity contribution in [1.82, 2.24) is 0 Å². The highest BCUT2D eigenvalue weighted by molar-refractivity contribution is 8.16. The lowest BCUT2D eigenvalue weighted by Gasteiger charge is -2.01. The van der Waals surface area contributed by atoms with Crippen LogP contribution in [0.3, 0.4) is 0 Å². The van der Waals surface area contributed by atoms with Crippen LogP contribution in [0.4, 0.5) is 0 Å². The molecule has 0 fully saturated rings. The van der Waals surface area contributed by atoms with Gasteiger partial charge in [0.15, 0.2) is 0 Å². The summed E-state index contributed by atoms with van der Waals surface area (Å²) in [5, 5.41) is 0. The predicted octanol–water partition coefficient (Wildman–Crippen LogP) is 3.45. The molecule has 1 nitrogen and oxygen atoms in total. The van der Waals surface area contributed by atoms with Gasteiger partial charge in [-0.2, -0.15) is 0 Å². The lowest BCUT2D eigenvalue weighted by Crippen LogP contribution is -1.86. The van der Waals surface area contributed by atoms with Gasteiger partial charge < -0.3 is 0 Å². The molecule has 1 aromatic carbocycles. The van der Waals surface area contributed by atoms with Crippen LogP contribution in [0.2, 0.25) is 0 Å². The third-order valence-corrected chi connectivity index (χ3v) is 5.04. The van der Waals surface area contributed by atoms with E-state index in [2.05, 4.69) is 30.5 Å². The molecule has 15 heavy (non-hydrogen) atoms. The van der Waals surface area contributed by atoms with E-state index >= 15 is 0 Å². The van der Waals surface area contributed by atoms with E-state index in [-0.39, 0.29) is 0 Å². The molecular formula is C11H14OS3. The molecule has 0 radical (unpaired) electrons. The minimum Gasteiger partial charge on any atom is -0.254 e. The van der Waals surface area contributed by atoms with Crippen molar-refractivity contribution >= 4 is 40.4 Å². The zero-order chi connectivity index (χ0) is 11.3. The van der Waals surface area contributed by atoms with Gasteiger partial charge in [-0.1, -0.05) is 12.1 Å². The molecule has 1 atom stereocenters. The van der Waals surface area contributed by atoms with Gasteiger partial charge in [0.25, 0.3) is 0 Å². The highest BCUT2D eigenvalue weighted by Crippen LogP contribution is 2.21. The van der Waals surface area contributed by atoms with Crippen LogP contribution in [0.15, 0.2) is 33.4 Å². The first kappa shape index (κ1) is 12.9. The Hall–Kier alpha value is -0.190. The Balaban J connectivity index is 2.92. The van der Waals surface area contributed by atoms with Crippen molar-refractivity contribution in [2.75, 3.05) is 18.8 Å². The van der Waals surface area contributed by atoms with E-state index in [1.165, 1.54) is 16.7 Å². The standard InChI is InChI=1S/C11H14OS3/c1-13-10-6-4-9(5-7-10)8-11(14-2)15(3)12/h4-8H,1-3H3/b11-8+. The van der Waals surface area contributed by atoms with Crippen LogP contribution in [0.25, 0.3) is 6.08 Å². The van der Waals surface area contributed by atoms with Gasteiger partial charge in [-0.25, -0.2) is 0 Å². The quantitative estimate of drug-likeness (QED) is 0.770. The van der Waals surface area contributed by atoms with Crippen LogP contribution >= 0.6 is 23.5 Å². The summed E-state index contributed by atoms with van der Waals surface area (Å²) < 4.78 is 12.2. The molecule has 1 aromatic rings. The first-order valence-corrected chi connectivity index (χ1v) is 8.41. The second-order valence-electron chi connectivity index (χ2n) is 2.89. The molecule has 4 heteroatoms. The van der Waals surface area contributed by atoms with Crippen LogP contribution in [0.1, 0.15) is 5.56 Å². The minimum atomic E-state index is -0.892. The van der Waals surface area contributed by atoms with Gasteiger partial charge in [0.2, 0.25) is 0 Å². The molecule has 0 heterocycles. The third-order valence-electron chi connectivity index (χ3n) is 1.88. The molecule has 0 amide bonds. The Morgan fingerprint density at radius 1 is 1.27 bits per heavy atom. The summed E-state index contributed by atoms with van der Waals surface area (Å²) in [5.41, 5.74) is 1.10. The maximum atomic E-state index is 11.3. The van der Waals surface area contributed by atoms with Crippen molar-refractivity contribution in [3.8, 4) is 0 Å². The van der Waals surface area contributed by atoms with Crippen LogP contribution in [0, 0.1) is 0 Å². The molecule has 1 unspecified atom stereocenters. The molecule has 0 saturated carbocycles. The number of thioether (sulfide) groups is 2. The normalized spacial score (nSPS) is 13.9. The first-order valence-electron chi connectivity index (χ1n) is 4.40. The highest BCUT2D eigenvalue weighted by atomic mass is 32.2. The Morgan fingerprint density at radius 2 is 1.87 bits per heavy atom. The maximum Gasteiger partial charge on any atom is 0.0716 e. The topological polar surface area (TPSA) is 17.1 Å². The predicted molar refractivity (Wildman–Crippen MR) is 73.8 cm³/mol. The summed E-state index contributed by atoms with van der Waals surface area (Å²) >= 11 is 3.26. The van der Waals surface area contributed by atoms with Crippen molar-refractivity contribution in [2.24, 2.45) is 0 Å². The van der Waals surface area contributed by atoms with Crippen LogP contribution in [-0.2, 0) is 10.8 Å². The Morgan fingerprint density at radius 3 is 2.27 bits per heavy atom. The van der Waals surface area contributed by atoms with E-state index in [1.807, 2.05) is 12.3 Å². The van der Waals surface area contributed by atoms with Gasteiger partial charge in [-0.15, -0.1) is 23.5 Å². The fraction of sp³-hybridized carbons (Fsp3) is 0.273. The Kier molecular flexibility index (Phi) is 5.50. The zero-order valence-electron chi connectivity index (χ0n) is 9.02. The SMILES string of the molecule is CS/C(=C\c1ccc(SC)cc1)S(C)=O. The van der Waals surface area contributed by atoms with Crippen molar-refractivity contribution < 1.29 is 4.21 Å². The van der Waals surface area contributed by atoms with E-state index in [0.29, 0.717) is 0 Å². The summed E-state index contributed by atoms with van der Waals surface area (Å²) in [5.74, 6) is 0. The molecule has 0 saturated heterocycles. The molecule has 0 N–H and O–H groups in total. The van der Waals surface area contributed by atoms with Gasteiger partial charge in [-0.05, 0) is 36.3 Å². The Bertz CT molecular complexity index is 368. The smallest absolute Gasteiger partial charge is 0.0716 e. The van der Waals surface area contributed by atoms with Crippen molar-refractivity contribution in [3.05, 3.63) is 34.1 Å². The molecular weight excluding hydrogens is 244 g/mol. The fourth-order valence-corrected chi connectivity index (χ4v) is 3.00. The summed E-state index contributed by atoms with van der Waals surface area (Å²) in [6.45, 7) is 0. The average Bonchev–Trinajstić information content (AvgIpc) is 2.26. The number of hydrogen-bond donors (Lipinski definition) is 0. The third kappa shape index (κ3) is 4.05. The number of rotatable bonds is 4. The van der Waals surface area contributed by atoms with E-state index in [0.717, 1.165) is 9.80 Å². The van der Waals surface area contributed by atoms with Gasteiger partial charge in [-0.3, -0.25) is 4.21 Å². The van der Waals surface area contributed by atoms with Crippen LogP contribution in [0.5, 0.6) is 0 Å². The van der Waals surface area contributed by atoms with Crippen molar-refractivity contribution in [1.29, 1.82) is 0 Å². The minimum absolute atomic E-state index is 0.892. The lowest BCUT2D eigenvalue weighted by atomic mass is 10.2. The van der Waals surface area contributed by atoms with Gasteiger partial charge in [0.1, 0.15) is 0 Å². The lowest BCUT2D eigenvalue weighted by molar-refractivity contribution is 0.691. The van der Waals surface area contributed by atoms with Gasteiger partial charge in [0.05, 0.1) is 15.0 Å². The van der Waals surface area contributed by atoms with Gasteiger partial charge >= 0.3 is 0 Å². The van der Waals surface area contributed by atoms with E-state index in [9.17, 15) is 4.21 Å². The second-order valence-corrected chi connectivity index (χ2v) is 6.23. The molecule has 0 aliphatic rings. The van der Waals surface area contributed by atoms with Crippen LogP contribution in [-0.4, -0.2) is 23.0 Å². The van der Waals surface area contributed by atoms with E-state index < -0.39 is 10.8 Å². The summed E-state index contributed by atoms with van der Waals surface area (Å²) in [7, 11) is -0.892. The second kappa shape index (κ2) is 6.40. The monoisotopic (exact) mass is 258 g/mol. The fourth-order valence-electron chi connectivity index (χ4n) is 1.10. The Labute approximate surface area is 102 Å². The van der Waals surface area contributed by atoms with Crippen LogP contribution < -0.4 is 0 Å². The molecule has 0 aliphatic heterocycles. The number of benzene rings is 1. The largest absolute Gasteiger partial charge is 0.254 e. The van der Waals surface area contributed by atoms with E-state index in [1.54, 1.807) is 18.0 Å². The highest BCUT2D eigenvalue weighted by Gasteiger charge is 2.00. The molecule has 0 bridgehead atoms. The molecule has 0 aliphatic carbocycles. The average molecular weight is 258 g/mol. The first-order chi connectivity index (χ1) is 7.17. The summed E-state index contributed by atoms with van der Waals surface area (Å²) in [4.78, 5) is 1.25. The van der Waals surface area contributed by atoms with E-state index in [4.69, 9.17) is 0 Å². The molecule has 1 rings (SSSR count). The number of hydrogen-bond acceptors (Lipinski definition) is 3. The maximum absolute atomic E-state index is 11.3. The zero-order valence-corrected chi connectivity index (χ0v) is 11.5. The summed E-state index contributed by atoms with van der Waals surface area (Å²) in [6.07, 6.45) is 7.69. The molecule has 82 valence electrons. The van der Waals surface area contributed by atoms with Crippen molar-refractivity contribution in [2.45, 2.75) is 4.90 Å². The summed E-state index contributed by atoms with van der Waals surface area (Å²) in [6, 6.07) is 8.25. The molecule has 0 aromatic heterocycles. The molecule has 0 spiro atoms. The van der Waals surface area contributed by atoms with Gasteiger partial charge in [0, 0.05) is 11.2 Å².